The van der Waals surface area contributed by atoms with Crippen LogP contribution >= 0.6 is 0 Å². The van der Waals surface area contributed by atoms with Crippen molar-refractivity contribution in [2.45, 2.75) is 37.8 Å². The van der Waals surface area contributed by atoms with Crippen LogP contribution < -0.4 is 21.3 Å². The minimum Gasteiger partial charge on any atom is -0.510 e. The van der Waals surface area contributed by atoms with Gasteiger partial charge in [0.25, 0.3) is 5.91 Å². The number of likely N-dealkylation sites (tertiary alicyclic amines) is 1. The highest BCUT2D eigenvalue weighted by molar-refractivity contribution is 6.28. The van der Waals surface area contributed by atoms with Crippen LogP contribution in [0.3, 0.4) is 0 Å². The number of hydrogen-bond acceptors (Lipinski definition) is 11. The summed E-state index contributed by atoms with van der Waals surface area (Å²) >= 11 is 0. The third kappa shape index (κ3) is 5.06. The SMILES string of the molecule is CN(C)c1cc(NC(=O)CN2C[C@@H]3CCCN[C@@H]3C2)c(O)c2c1C[C@H]1C[C@@H]3C(C(=O)C(C(N)=O)=C(O)[C@H]3N(C)C)C(=O)C1=C2O. The van der Waals surface area contributed by atoms with Gasteiger partial charge in [-0.3, -0.25) is 29.0 Å². The van der Waals surface area contributed by atoms with Gasteiger partial charge in [0, 0.05) is 44.5 Å². The predicted octanol–water partition coefficient (Wildman–Crippen LogP) is 0.537. The zero-order valence-corrected chi connectivity index (χ0v) is 26.1. The normalized spacial score (nSPS) is 29.7. The molecule has 2 saturated heterocycles. The molecule has 13 heteroatoms. The Kier molecular flexibility index (Phi) is 7.90. The maximum Gasteiger partial charge on any atom is 0.255 e. The van der Waals surface area contributed by atoms with Crippen LogP contribution in [-0.4, -0.2) is 115 Å². The molecule has 1 unspecified atom stereocenters. The van der Waals surface area contributed by atoms with Crippen LogP contribution in [0.2, 0.25) is 0 Å². The molecule has 6 atom stereocenters. The number of allylic oxidation sites excluding steroid dienone is 1. The van der Waals surface area contributed by atoms with Crippen LogP contribution in [0, 0.1) is 23.7 Å². The molecular weight excluding hydrogens is 580 g/mol. The standard InChI is InChI=1S/C32H42N6O7/c1-36(2)20-10-18(35-21(39)13-38-11-14-6-5-7-34-19(14)12-38)27(40)23-16(20)8-15-9-17-24(29(42)22(15)28(23)41)30(43)25(32(33)45)31(44)26(17)37(3)4/h10,14-15,17,19,24,26,34,40-41,44H,5-9,11-13H2,1-4H3,(H2,33,45)(H,35,39)/t14-,15-,17+,19+,24?,26-/m0/s1. The number of phenolic OH excluding ortho intramolecular Hbond substituents is 1. The van der Waals surface area contributed by atoms with E-state index in [1.165, 1.54) is 0 Å². The molecule has 7 N–H and O–H groups in total. The highest BCUT2D eigenvalue weighted by Crippen LogP contribution is 2.53. The Bertz CT molecular complexity index is 1530. The molecular formula is C32H42N6O7. The van der Waals surface area contributed by atoms with Gasteiger partial charge in [0.05, 0.1) is 29.8 Å². The molecule has 1 saturated carbocycles. The second-order valence-electron chi connectivity index (χ2n) is 13.5. The van der Waals surface area contributed by atoms with Gasteiger partial charge in [-0.15, -0.1) is 0 Å². The first kappa shape index (κ1) is 31.1. The number of benzene rings is 1. The Labute approximate surface area is 261 Å². The maximum absolute atomic E-state index is 14.1. The number of phenols is 1. The van der Waals surface area contributed by atoms with Crippen LogP contribution in [0.1, 0.15) is 30.4 Å². The Morgan fingerprint density at radius 3 is 2.49 bits per heavy atom. The number of fused-ring (bicyclic) bond motifs is 4. The minimum atomic E-state index is -1.33. The van der Waals surface area contributed by atoms with Crippen LogP contribution in [0.15, 0.2) is 23.0 Å². The number of amides is 2. The van der Waals surface area contributed by atoms with Crippen LogP contribution in [-0.2, 0) is 25.6 Å². The lowest BCUT2D eigenvalue weighted by Gasteiger charge is -2.46. The fourth-order valence-corrected chi connectivity index (χ4v) is 8.47. The summed E-state index contributed by atoms with van der Waals surface area (Å²) in [4.78, 5) is 58.5. The minimum absolute atomic E-state index is 0.00419. The van der Waals surface area contributed by atoms with Crippen LogP contribution in [0.4, 0.5) is 11.4 Å². The number of primary amides is 1. The van der Waals surface area contributed by atoms with E-state index in [9.17, 15) is 34.5 Å². The van der Waals surface area contributed by atoms with E-state index in [2.05, 4.69) is 15.5 Å². The first-order chi connectivity index (χ1) is 21.3. The molecule has 1 aromatic rings. The number of anilines is 2. The molecule has 0 bridgehead atoms. The molecule has 6 rings (SSSR count). The average Bonchev–Trinajstić information content (AvgIpc) is 3.35. The number of carbonyl (C=O) groups excluding carboxylic acids is 4. The molecule has 3 fully saturated rings. The number of piperidine rings is 1. The van der Waals surface area contributed by atoms with E-state index in [-0.39, 0.29) is 47.9 Å². The van der Waals surface area contributed by atoms with E-state index in [4.69, 9.17) is 5.73 Å². The van der Waals surface area contributed by atoms with E-state index < -0.39 is 58.4 Å². The first-order valence-electron chi connectivity index (χ1n) is 15.5. The summed E-state index contributed by atoms with van der Waals surface area (Å²) in [5, 5.41) is 40.4. The summed E-state index contributed by atoms with van der Waals surface area (Å²) < 4.78 is 0. The van der Waals surface area contributed by atoms with Gasteiger partial charge in [0.1, 0.15) is 22.8 Å². The molecule has 2 aliphatic heterocycles. The molecule has 2 heterocycles. The summed E-state index contributed by atoms with van der Waals surface area (Å²) in [7, 11) is 6.99. The number of aromatic hydroxyl groups is 1. The van der Waals surface area contributed by atoms with E-state index >= 15 is 0 Å². The molecule has 0 aromatic heterocycles. The third-order valence-corrected chi connectivity index (χ3v) is 10.3. The van der Waals surface area contributed by atoms with Gasteiger partial charge in [-0.05, 0) is 75.7 Å². The zero-order valence-electron chi connectivity index (χ0n) is 26.1. The summed E-state index contributed by atoms with van der Waals surface area (Å²) in [6.45, 7) is 2.72. The number of Topliss-reactive ketones (excluding diaryl/α,β-unsaturated/α-hetero) is 2. The molecule has 2 amide bonds. The number of aliphatic hydroxyl groups is 2. The second-order valence-corrected chi connectivity index (χ2v) is 13.5. The van der Waals surface area contributed by atoms with Crippen molar-refractivity contribution in [1.29, 1.82) is 0 Å². The van der Waals surface area contributed by atoms with Crippen molar-refractivity contribution in [1.82, 2.24) is 15.1 Å². The van der Waals surface area contributed by atoms with E-state index in [1.54, 1.807) is 25.1 Å². The van der Waals surface area contributed by atoms with Crippen molar-refractivity contribution < 1.29 is 34.5 Å². The Morgan fingerprint density at radius 1 is 1.11 bits per heavy atom. The van der Waals surface area contributed by atoms with Crippen LogP contribution in [0.5, 0.6) is 5.75 Å². The lowest BCUT2D eigenvalue weighted by molar-refractivity contribution is -0.136. The third-order valence-electron chi connectivity index (χ3n) is 10.3. The number of carbonyl (C=O) groups is 4. The van der Waals surface area contributed by atoms with Gasteiger partial charge >= 0.3 is 0 Å². The molecule has 0 spiro atoms. The largest absolute Gasteiger partial charge is 0.510 e. The lowest BCUT2D eigenvalue weighted by Crippen LogP contribution is -2.55. The molecule has 242 valence electrons. The van der Waals surface area contributed by atoms with E-state index in [0.29, 0.717) is 23.2 Å². The van der Waals surface area contributed by atoms with Crippen molar-refractivity contribution in [3.05, 3.63) is 34.1 Å². The van der Waals surface area contributed by atoms with Gasteiger partial charge in [-0.2, -0.15) is 0 Å². The van der Waals surface area contributed by atoms with Crippen molar-refractivity contribution in [2.75, 3.05) is 64.6 Å². The summed E-state index contributed by atoms with van der Waals surface area (Å²) in [6.07, 6.45) is 2.78. The molecule has 13 nitrogen and oxygen atoms in total. The van der Waals surface area contributed by atoms with Crippen molar-refractivity contribution in [2.24, 2.45) is 29.4 Å². The summed E-state index contributed by atoms with van der Waals surface area (Å²) in [5.41, 5.74) is 6.24. The average molecular weight is 623 g/mol. The number of aliphatic hydroxyl groups excluding tert-OH is 2. The second kappa shape index (κ2) is 11.5. The topological polar surface area (TPSA) is 189 Å². The van der Waals surface area contributed by atoms with Crippen molar-refractivity contribution in [3.63, 3.8) is 0 Å². The van der Waals surface area contributed by atoms with Gasteiger partial charge in [-0.25, -0.2) is 0 Å². The van der Waals surface area contributed by atoms with Gasteiger partial charge < -0.3 is 36.6 Å². The smallest absolute Gasteiger partial charge is 0.255 e. The molecule has 3 aliphatic carbocycles. The molecule has 1 aromatic carbocycles. The van der Waals surface area contributed by atoms with Gasteiger partial charge in [-0.1, -0.05) is 0 Å². The quantitative estimate of drug-likeness (QED) is 0.148. The number of hydrogen-bond donors (Lipinski definition) is 6. The summed E-state index contributed by atoms with van der Waals surface area (Å²) in [6, 6.07) is 1.23. The highest BCUT2D eigenvalue weighted by Gasteiger charge is 2.56. The summed E-state index contributed by atoms with van der Waals surface area (Å²) in [5.74, 6) is -6.22. The van der Waals surface area contributed by atoms with Gasteiger partial charge in [0.2, 0.25) is 5.91 Å². The Balaban J connectivity index is 1.35. The molecule has 5 aliphatic rings. The number of likely N-dealkylation sites (N-methyl/N-ethyl adjacent to an activating group) is 1. The Morgan fingerprint density at radius 2 is 1.84 bits per heavy atom. The van der Waals surface area contributed by atoms with Crippen LogP contribution in [0.25, 0.3) is 5.76 Å². The fourth-order valence-electron chi connectivity index (χ4n) is 8.47. The number of rotatable bonds is 6. The van der Waals surface area contributed by atoms with E-state index in [1.807, 2.05) is 19.0 Å². The molecule has 0 radical (unpaired) electrons. The number of ketones is 2. The van der Waals surface area contributed by atoms with E-state index in [0.717, 1.165) is 32.5 Å². The molecule has 45 heavy (non-hydrogen) atoms. The maximum atomic E-state index is 14.1. The number of nitrogens with zero attached hydrogens (tertiary/aromatic N) is 3. The van der Waals surface area contributed by atoms with Crippen molar-refractivity contribution in [3.8, 4) is 5.75 Å². The lowest BCUT2D eigenvalue weighted by atomic mass is 9.59. The number of nitrogens with two attached hydrogens (primary N) is 1. The predicted molar refractivity (Wildman–Crippen MR) is 167 cm³/mol. The fraction of sp³-hybridized carbons (Fsp3) is 0.562. The first-order valence-corrected chi connectivity index (χ1v) is 15.5. The highest BCUT2D eigenvalue weighted by atomic mass is 16.3. The Hall–Kier alpha value is -3.94. The monoisotopic (exact) mass is 622 g/mol. The number of nitrogens with one attached hydrogen (secondary N) is 2. The van der Waals surface area contributed by atoms with Crippen molar-refractivity contribution >= 4 is 40.5 Å². The zero-order chi connectivity index (χ0) is 32.5. The van der Waals surface area contributed by atoms with Gasteiger partial charge in [0.15, 0.2) is 11.6 Å².